The van der Waals surface area contributed by atoms with E-state index >= 15 is 0 Å². The number of thiazole rings is 1. The molecule has 1 fully saturated rings. The van der Waals surface area contributed by atoms with E-state index in [0.717, 1.165) is 18.2 Å². The number of thioether (sulfide) groups is 1. The monoisotopic (exact) mass is 284 g/mol. The van der Waals surface area contributed by atoms with Gasteiger partial charge in [0.1, 0.15) is 5.01 Å². The van der Waals surface area contributed by atoms with Crippen molar-refractivity contribution in [3.8, 4) is 0 Å². The zero-order chi connectivity index (χ0) is 13.2. The van der Waals surface area contributed by atoms with Crippen molar-refractivity contribution in [2.45, 2.75) is 57.7 Å². The van der Waals surface area contributed by atoms with Gasteiger partial charge in [-0.3, -0.25) is 0 Å². The molecule has 1 saturated heterocycles. The van der Waals surface area contributed by atoms with Crippen LogP contribution < -0.4 is 5.32 Å². The van der Waals surface area contributed by atoms with Gasteiger partial charge in [-0.1, -0.05) is 20.8 Å². The fraction of sp³-hybridized carbons (Fsp3) is 0.786. The molecule has 1 aliphatic heterocycles. The van der Waals surface area contributed by atoms with E-state index in [2.05, 4.69) is 44.8 Å². The van der Waals surface area contributed by atoms with Gasteiger partial charge in [-0.05, 0) is 32.7 Å². The molecule has 0 aromatic carbocycles. The number of aromatic nitrogens is 1. The summed E-state index contributed by atoms with van der Waals surface area (Å²) in [7, 11) is 0. The van der Waals surface area contributed by atoms with Crippen LogP contribution in [0.15, 0.2) is 0 Å². The van der Waals surface area contributed by atoms with Gasteiger partial charge in [0.05, 0.1) is 11.2 Å². The predicted molar refractivity (Wildman–Crippen MR) is 82.7 cm³/mol. The molecule has 1 aliphatic rings. The van der Waals surface area contributed by atoms with Crippen LogP contribution in [-0.4, -0.2) is 22.5 Å². The summed E-state index contributed by atoms with van der Waals surface area (Å²) in [6.07, 6.45) is 3.45. The van der Waals surface area contributed by atoms with E-state index in [0.29, 0.717) is 0 Å². The van der Waals surface area contributed by atoms with Gasteiger partial charge >= 0.3 is 0 Å². The molecule has 2 rings (SSSR count). The molecule has 0 radical (unpaired) electrons. The minimum absolute atomic E-state index is 0.142. The van der Waals surface area contributed by atoms with Gasteiger partial charge in [-0.2, -0.15) is 11.8 Å². The molecule has 2 unspecified atom stereocenters. The van der Waals surface area contributed by atoms with E-state index in [-0.39, 0.29) is 5.54 Å². The Morgan fingerprint density at radius 3 is 2.72 bits per heavy atom. The molecule has 0 spiro atoms. The van der Waals surface area contributed by atoms with Gasteiger partial charge in [-0.25, -0.2) is 4.98 Å². The predicted octanol–water partition coefficient (Wildman–Crippen LogP) is 3.73. The normalized spacial score (nSPS) is 27.9. The third kappa shape index (κ3) is 2.75. The number of hydrogen-bond donors (Lipinski definition) is 1. The third-order valence-corrected chi connectivity index (χ3v) is 6.21. The molecule has 1 aromatic heterocycles. The van der Waals surface area contributed by atoms with Crippen molar-refractivity contribution in [3.63, 3.8) is 0 Å². The van der Waals surface area contributed by atoms with Crippen LogP contribution in [0.1, 0.15) is 49.2 Å². The highest BCUT2D eigenvalue weighted by molar-refractivity contribution is 8.00. The lowest BCUT2D eigenvalue weighted by atomic mass is 9.96. The van der Waals surface area contributed by atoms with Crippen molar-refractivity contribution >= 4 is 23.1 Å². The minimum Gasteiger partial charge on any atom is -0.305 e. The molecule has 2 nitrogen and oxygen atoms in total. The lowest BCUT2D eigenvalue weighted by Crippen LogP contribution is -2.43. The molecular formula is C14H24N2S2. The Morgan fingerprint density at radius 1 is 1.44 bits per heavy atom. The number of aryl methyl sites for hydroxylation is 2. The summed E-state index contributed by atoms with van der Waals surface area (Å²) in [6.45, 7) is 10.1. The van der Waals surface area contributed by atoms with E-state index in [1.165, 1.54) is 34.2 Å². The molecule has 0 saturated carbocycles. The molecule has 0 amide bonds. The average molecular weight is 284 g/mol. The molecule has 4 heteroatoms. The second-order valence-corrected chi connectivity index (χ2v) is 7.84. The summed E-state index contributed by atoms with van der Waals surface area (Å²) in [5.74, 6) is 1.17. The van der Waals surface area contributed by atoms with Crippen LogP contribution in [0, 0.1) is 6.92 Å². The van der Waals surface area contributed by atoms with Crippen molar-refractivity contribution in [2.24, 2.45) is 0 Å². The van der Waals surface area contributed by atoms with Crippen molar-refractivity contribution in [1.82, 2.24) is 10.3 Å². The first-order valence-electron chi connectivity index (χ1n) is 6.94. The summed E-state index contributed by atoms with van der Waals surface area (Å²) >= 11 is 3.98. The zero-order valence-electron chi connectivity index (χ0n) is 11.9. The summed E-state index contributed by atoms with van der Waals surface area (Å²) in [4.78, 5) is 6.31. The number of rotatable bonds is 5. The van der Waals surface area contributed by atoms with Gasteiger partial charge in [-0.15, -0.1) is 11.3 Å². The van der Waals surface area contributed by atoms with Crippen LogP contribution in [0.3, 0.4) is 0 Å². The fourth-order valence-corrected chi connectivity index (χ4v) is 5.16. The second kappa shape index (κ2) is 5.93. The fourth-order valence-electron chi connectivity index (χ4n) is 2.57. The average Bonchev–Trinajstić information content (AvgIpc) is 2.91. The highest BCUT2D eigenvalue weighted by atomic mass is 32.2. The Bertz CT molecular complexity index is 402. The SMILES string of the molecule is CCCNC1(c2nc(CC)c(C)s2)CSC(C)C1. The smallest absolute Gasteiger partial charge is 0.114 e. The minimum atomic E-state index is 0.142. The summed E-state index contributed by atoms with van der Waals surface area (Å²) in [6, 6.07) is 0. The van der Waals surface area contributed by atoms with Crippen LogP contribution >= 0.6 is 23.1 Å². The quantitative estimate of drug-likeness (QED) is 0.891. The molecule has 102 valence electrons. The molecule has 2 heterocycles. The maximum Gasteiger partial charge on any atom is 0.114 e. The first kappa shape index (κ1) is 14.4. The molecule has 1 aromatic rings. The lowest BCUT2D eigenvalue weighted by molar-refractivity contribution is 0.362. The largest absolute Gasteiger partial charge is 0.305 e. The number of hydrogen-bond acceptors (Lipinski definition) is 4. The number of nitrogens with one attached hydrogen (secondary N) is 1. The van der Waals surface area contributed by atoms with Gasteiger partial charge < -0.3 is 5.32 Å². The van der Waals surface area contributed by atoms with Gasteiger partial charge in [0.2, 0.25) is 0 Å². The van der Waals surface area contributed by atoms with E-state index in [9.17, 15) is 0 Å². The Kier molecular flexibility index (Phi) is 4.73. The third-order valence-electron chi connectivity index (χ3n) is 3.60. The summed E-state index contributed by atoms with van der Waals surface area (Å²) < 4.78 is 0. The topological polar surface area (TPSA) is 24.9 Å². The van der Waals surface area contributed by atoms with Crippen molar-refractivity contribution in [2.75, 3.05) is 12.3 Å². The van der Waals surface area contributed by atoms with Gasteiger partial charge in [0.15, 0.2) is 0 Å². The van der Waals surface area contributed by atoms with Crippen LogP contribution in [0.25, 0.3) is 0 Å². The van der Waals surface area contributed by atoms with E-state index < -0.39 is 0 Å². The summed E-state index contributed by atoms with van der Waals surface area (Å²) in [5.41, 5.74) is 1.43. The van der Waals surface area contributed by atoms with Crippen LogP contribution in [0.2, 0.25) is 0 Å². The van der Waals surface area contributed by atoms with Crippen LogP contribution in [0.4, 0.5) is 0 Å². The Hall–Kier alpha value is -0.0600. The molecule has 18 heavy (non-hydrogen) atoms. The van der Waals surface area contributed by atoms with Crippen molar-refractivity contribution in [3.05, 3.63) is 15.6 Å². The molecular weight excluding hydrogens is 260 g/mol. The lowest BCUT2D eigenvalue weighted by Gasteiger charge is -2.27. The maximum absolute atomic E-state index is 4.91. The Morgan fingerprint density at radius 2 is 2.22 bits per heavy atom. The highest BCUT2D eigenvalue weighted by Crippen LogP contribution is 2.43. The second-order valence-electron chi connectivity index (χ2n) is 5.21. The standard InChI is InChI=1S/C14H24N2S2/c1-5-7-15-14(8-10(3)17-9-14)13-16-12(6-2)11(4)18-13/h10,15H,5-9H2,1-4H3. The van der Waals surface area contributed by atoms with Crippen molar-refractivity contribution in [1.29, 1.82) is 0 Å². The first-order valence-corrected chi connectivity index (χ1v) is 8.81. The molecule has 0 bridgehead atoms. The molecule has 2 atom stereocenters. The van der Waals surface area contributed by atoms with E-state index in [1.54, 1.807) is 0 Å². The zero-order valence-corrected chi connectivity index (χ0v) is 13.5. The van der Waals surface area contributed by atoms with Crippen LogP contribution in [0.5, 0.6) is 0 Å². The number of nitrogens with zero attached hydrogens (tertiary/aromatic N) is 1. The van der Waals surface area contributed by atoms with Crippen molar-refractivity contribution < 1.29 is 0 Å². The summed E-state index contributed by atoms with van der Waals surface area (Å²) in [5, 5.41) is 5.84. The maximum atomic E-state index is 4.91. The Labute approximate surface area is 119 Å². The Balaban J connectivity index is 2.27. The molecule has 1 N–H and O–H groups in total. The highest BCUT2D eigenvalue weighted by Gasteiger charge is 2.41. The van der Waals surface area contributed by atoms with Crippen LogP contribution in [-0.2, 0) is 12.0 Å². The molecule has 0 aliphatic carbocycles. The first-order chi connectivity index (χ1) is 8.61. The van der Waals surface area contributed by atoms with Gasteiger partial charge in [0.25, 0.3) is 0 Å². The van der Waals surface area contributed by atoms with Gasteiger partial charge in [0, 0.05) is 15.9 Å². The van der Waals surface area contributed by atoms with E-state index in [4.69, 9.17) is 4.98 Å². The van der Waals surface area contributed by atoms with E-state index in [1.807, 2.05) is 11.3 Å².